The third-order valence-corrected chi connectivity index (χ3v) is 5.98. The Hall–Kier alpha value is -0.610. The molecule has 20 heavy (non-hydrogen) atoms. The van der Waals surface area contributed by atoms with Crippen molar-refractivity contribution in [3.05, 3.63) is 0 Å². The number of nitrogens with one attached hydrogen (secondary N) is 1. The number of likely N-dealkylation sites (N-methyl/N-ethyl adjacent to an activating group) is 1. The molecule has 1 amide bonds. The van der Waals surface area contributed by atoms with E-state index in [1.54, 1.807) is 0 Å². The highest BCUT2D eigenvalue weighted by molar-refractivity contribution is 5.97. The molecule has 0 aromatic carbocycles. The summed E-state index contributed by atoms with van der Waals surface area (Å²) in [4.78, 5) is 26.6. The van der Waals surface area contributed by atoms with Gasteiger partial charge in [0.1, 0.15) is 0 Å². The van der Waals surface area contributed by atoms with Crippen molar-refractivity contribution >= 4 is 24.1 Å². The fourth-order valence-electron chi connectivity index (χ4n) is 3.76. The Morgan fingerprint density at radius 2 is 1.90 bits per heavy atom. The summed E-state index contributed by atoms with van der Waals surface area (Å²) >= 11 is 0. The van der Waals surface area contributed by atoms with E-state index < -0.39 is 0 Å². The summed E-state index contributed by atoms with van der Waals surface area (Å²) in [6, 6.07) is -0.494. The van der Waals surface area contributed by atoms with Crippen molar-refractivity contribution in [2.45, 2.75) is 52.6 Å². The first-order chi connectivity index (χ1) is 8.63. The van der Waals surface area contributed by atoms with Crippen molar-refractivity contribution in [3.8, 4) is 0 Å². The van der Waals surface area contributed by atoms with Crippen LogP contribution in [0.15, 0.2) is 0 Å². The zero-order valence-corrected chi connectivity index (χ0v) is 14.1. The molecule has 0 aromatic heterocycles. The first-order valence-electron chi connectivity index (χ1n) is 7.14. The van der Waals surface area contributed by atoms with Gasteiger partial charge in [-0.1, -0.05) is 20.8 Å². The molecule has 4 atom stereocenters. The van der Waals surface area contributed by atoms with Crippen molar-refractivity contribution in [3.63, 3.8) is 0 Å². The molecule has 0 aromatic rings. The highest BCUT2D eigenvalue weighted by atomic mass is 35.5. The summed E-state index contributed by atoms with van der Waals surface area (Å²) < 4.78 is 0. The van der Waals surface area contributed by atoms with E-state index >= 15 is 0 Å². The summed E-state index contributed by atoms with van der Waals surface area (Å²) in [5.41, 5.74) is -0.277. The van der Waals surface area contributed by atoms with E-state index in [0.717, 1.165) is 12.8 Å². The number of rotatable bonds is 3. The second kappa shape index (κ2) is 5.30. The van der Waals surface area contributed by atoms with Gasteiger partial charge in [0, 0.05) is 5.41 Å². The number of ketones is 1. The van der Waals surface area contributed by atoms with Crippen LogP contribution in [-0.4, -0.2) is 42.8 Å². The molecule has 2 aliphatic carbocycles. The Kier molecular flexibility index (Phi) is 4.62. The maximum Gasteiger partial charge on any atom is 0.237 e. The number of Topliss-reactive ketones (excluding diaryl/α,β-unsaturated/α-hetero) is 1. The van der Waals surface area contributed by atoms with Crippen LogP contribution < -0.4 is 5.32 Å². The zero-order chi connectivity index (χ0) is 14.6. The highest BCUT2D eigenvalue weighted by Crippen LogP contribution is 2.63. The van der Waals surface area contributed by atoms with Gasteiger partial charge in [0.25, 0.3) is 0 Å². The van der Waals surface area contributed by atoms with Crippen LogP contribution in [0, 0.1) is 16.7 Å². The Balaban J connectivity index is 0.00000200. The maximum absolute atomic E-state index is 12.6. The largest absolute Gasteiger partial charge is 0.345 e. The lowest BCUT2D eigenvalue weighted by molar-refractivity contribution is -0.134. The number of carbonyl (C=O) groups is 2. The van der Waals surface area contributed by atoms with Crippen molar-refractivity contribution in [2.75, 3.05) is 14.1 Å². The zero-order valence-electron chi connectivity index (χ0n) is 13.3. The van der Waals surface area contributed by atoms with Crippen molar-refractivity contribution < 1.29 is 9.59 Å². The predicted octanol–water partition coefficient (Wildman–Crippen LogP) is 1.87. The molecule has 116 valence electrons. The molecule has 0 aliphatic heterocycles. The van der Waals surface area contributed by atoms with E-state index in [1.807, 2.05) is 25.9 Å². The van der Waals surface area contributed by atoms with E-state index in [-0.39, 0.29) is 52.9 Å². The van der Waals surface area contributed by atoms with Gasteiger partial charge in [-0.3, -0.25) is 14.5 Å². The molecule has 2 bridgehead atoms. The molecule has 5 heteroatoms. The molecule has 4 unspecified atom stereocenters. The third kappa shape index (κ3) is 2.17. The Bertz CT molecular complexity index is 422. The van der Waals surface area contributed by atoms with Crippen LogP contribution in [0.3, 0.4) is 0 Å². The van der Waals surface area contributed by atoms with Gasteiger partial charge in [-0.25, -0.2) is 0 Å². The smallest absolute Gasteiger partial charge is 0.237 e. The number of hydrogen-bond donors (Lipinski definition) is 1. The van der Waals surface area contributed by atoms with E-state index in [0.29, 0.717) is 0 Å². The summed E-state index contributed by atoms with van der Waals surface area (Å²) in [5.74, 6) is 0.465. The Labute approximate surface area is 128 Å². The average Bonchev–Trinajstić information content (AvgIpc) is 2.62. The van der Waals surface area contributed by atoms with E-state index in [1.165, 1.54) is 0 Å². The monoisotopic (exact) mass is 302 g/mol. The third-order valence-electron chi connectivity index (χ3n) is 5.98. The van der Waals surface area contributed by atoms with Crippen LogP contribution in [0.4, 0.5) is 0 Å². The van der Waals surface area contributed by atoms with Crippen molar-refractivity contribution in [2.24, 2.45) is 16.7 Å². The topological polar surface area (TPSA) is 49.4 Å². The SMILES string of the molecule is CC(C(=O)NC1C(=O)C2(C)CCC1C2(C)C)N(C)C.Cl. The van der Waals surface area contributed by atoms with Crippen molar-refractivity contribution in [1.29, 1.82) is 0 Å². The second-order valence-electron chi connectivity index (χ2n) is 7.19. The van der Waals surface area contributed by atoms with E-state index in [4.69, 9.17) is 0 Å². The van der Waals surface area contributed by atoms with Gasteiger partial charge in [-0.05, 0) is 45.2 Å². The van der Waals surface area contributed by atoms with Gasteiger partial charge in [-0.15, -0.1) is 12.4 Å². The number of nitrogens with zero attached hydrogens (tertiary/aromatic N) is 1. The van der Waals surface area contributed by atoms with Gasteiger partial charge in [0.05, 0.1) is 12.1 Å². The first kappa shape index (κ1) is 17.4. The Morgan fingerprint density at radius 3 is 2.30 bits per heavy atom. The lowest BCUT2D eigenvalue weighted by atomic mass is 9.70. The standard InChI is InChI=1S/C15H26N2O2.ClH/c1-9(17(5)6)13(19)16-11-10-7-8-15(4,12(11)18)14(10,2)3;/h9-11H,7-8H2,1-6H3,(H,16,19);1H. The normalized spacial score (nSPS) is 35.9. The molecule has 0 heterocycles. The lowest BCUT2D eigenvalue weighted by Crippen LogP contribution is -2.51. The molecule has 2 rings (SSSR count). The summed E-state index contributed by atoms with van der Waals surface area (Å²) in [5, 5.41) is 2.99. The number of halogens is 1. The number of amides is 1. The van der Waals surface area contributed by atoms with Gasteiger partial charge < -0.3 is 5.32 Å². The van der Waals surface area contributed by atoms with Crippen LogP contribution in [0.25, 0.3) is 0 Å². The minimum atomic E-state index is -0.288. The molecule has 2 aliphatic rings. The maximum atomic E-state index is 12.6. The summed E-state index contributed by atoms with van der Waals surface area (Å²) in [6.45, 7) is 8.27. The molecule has 2 fully saturated rings. The average molecular weight is 303 g/mol. The molecular formula is C15H27ClN2O2. The van der Waals surface area contributed by atoms with Crippen LogP contribution in [0.5, 0.6) is 0 Å². The van der Waals surface area contributed by atoms with Gasteiger partial charge in [-0.2, -0.15) is 0 Å². The van der Waals surface area contributed by atoms with Gasteiger partial charge in [0.2, 0.25) is 5.91 Å². The fraction of sp³-hybridized carbons (Fsp3) is 0.867. The predicted molar refractivity (Wildman–Crippen MR) is 81.9 cm³/mol. The van der Waals surface area contributed by atoms with Gasteiger partial charge >= 0.3 is 0 Å². The molecule has 0 saturated heterocycles. The van der Waals surface area contributed by atoms with Crippen LogP contribution in [0.1, 0.15) is 40.5 Å². The fourth-order valence-corrected chi connectivity index (χ4v) is 3.76. The second-order valence-corrected chi connectivity index (χ2v) is 7.19. The molecular weight excluding hydrogens is 276 g/mol. The van der Waals surface area contributed by atoms with E-state index in [9.17, 15) is 9.59 Å². The Morgan fingerprint density at radius 1 is 1.35 bits per heavy atom. The minimum absolute atomic E-state index is 0. The highest BCUT2D eigenvalue weighted by Gasteiger charge is 2.66. The molecule has 1 N–H and O–H groups in total. The van der Waals surface area contributed by atoms with E-state index in [2.05, 4.69) is 26.1 Å². The van der Waals surface area contributed by atoms with Crippen LogP contribution in [0.2, 0.25) is 0 Å². The first-order valence-corrected chi connectivity index (χ1v) is 7.14. The van der Waals surface area contributed by atoms with Crippen LogP contribution in [-0.2, 0) is 9.59 Å². The number of carbonyl (C=O) groups excluding carboxylic acids is 2. The molecule has 4 nitrogen and oxygen atoms in total. The molecule has 0 radical (unpaired) electrons. The molecule has 2 saturated carbocycles. The minimum Gasteiger partial charge on any atom is -0.345 e. The van der Waals surface area contributed by atoms with Crippen molar-refractivity contribution in [1.82, 2.24) is 10.2 Å². The number of hydrogen-bond acceptors (Lipinski definition) is 3. The number of fused-ring (bicyclic) bond motifs is 2. The molecule has 0 spiro atoms. The summed E-state index contributed by atoms with van der Waals surface area (Å²) in [6.07, 6.45) is 2.00. The lowest BCUT2D eigenvalue weighted by Gasteiger charge is -2.32. The quantitative estimate of drug-likeness (QED) is 0.866. The summed E-state index contributed by atoms with van der Waals surface area (Å²) in [7, 11) is 3.75. The van der Waals surface area contributed by atoms with Crippen LogP contribution >= 0.6 is 12.4 Å². The van der Waals surface area contributed by atoms with Gasteiger partial charge in [0.15, 0.2) is 5.78 Å².